The summed E-state index contributed by atoms with van der Waals surface area (Å²) in [6.45, 7) is 5.45. The first-order valence-electron chi connectivity index (χ1n) is 8.72. The molecule has 3 rings (SSSR count). The zero-order chi connectivity index (χ0) is 20.5. The normalized spacial score (nSPS) is 11.4. The number of aromatic nitrogens is 1. The minimum atomic E-state index is -0.613. The summed E-state index contributed by atoms with van der Waals surface area (Å²) in [7, 11) is 1.25. The van der Waals surface area contributed by atoms with Crippen LogP contribution in [-0.2, 0) is 14.3 Å². The molecule has 0 radical (unpaired) electrons. The summed E-state index contributed by atoms with van der Waals surface area (Å²) < 4.78 is 11.5. The lowest BCUT2D eigenvalue weighted by atomic mass is 10.1. The van der Waals surface area contributed by atoms with Crippen molar-refractivity contribution in [3.63, 3.8) is 0 Å². The van der Waals surface area contributed by atoms with Gasteiger partial charge in [-0.2, -0.15) is 0 Å². The third-order valence-corrected chi connectivity index (χ3v) is 4.99. The van der Waals surface area contributed by atoms with Crippen LogP contribution in [0.15, 0.2) is 41.9 Å². The molecule has 2 aromatic heterocycles. The molecule has 0 N–H and O–H groups in total. The lowest BCUT2D eigenvalue weighted by molar-refractivity contribution is -0.139. The van der Waals surface area contributed by atoms with Crippen molar-refractivity contribution in [1.29, 1.82) is 0 Å². The SMILES string of the molecule is COC(=O)CC(=O)c1cc(-c2cn(C(=O)OC(C)(C)C)c3ccccc23)cs1. The highest BCUT2D eigenvalue weighted by atomic mass is 32.1. The molecule has 0 fully saturated rings. The molecule has 0 unspecified atom stereocenters. The van der Waals surface area contributed by atoms with E-state index in [1.165, 1.54) is 23.0 Å². The molecule has 0 aliphatic rings. The number of hydrogen-bond donors (Lipinski definition) is 0. The minimum absolute atomic E-state index is 0.293. The molecule has 146 valence electrons. The number of thiophene rings is 1. The van der Waals surface area contributed by atoms with E-state index in [1.807, 2.05) is 50.4 Å². The monoisotopic (exact) mass is 399 g/mol. The summed E-state index contributed by atoms with van der Waals surface area (Å²) in [6.07, 6.45) is 0.957. The van der Waals surface area contributed by atoms with Gasteiger partial charge < -0.3 is 9.47 Å². The molecule has 0 spiro atoms. The highest BCUT2D eigenvalue weighted by Gasteiger charge is 2.22. The van der Waals surface area contributed by atoms with Gasteiger partial charge in [0.15, 0.2) is 5.78 Å². The Kier molecular flexibility index (Phi) is 5.38. The van der Waals surface area contributed by atoms with Gasteiger partial charge in [-0.1, -0.05) is 18.2 Å². The fourth-order valence-corrected chi connectivity index (χ4v) is 3.63. The van der Waals surface area contributed by atoms with E-state index in [1.54, 1.807) is 12.3 Å². The fourth-order valence-electron chi connectivity index (χ4n) is 2.79. The number of nitrogens with zero attached hydrogens (tertiary/aromatic N) is 1. The first-order chi connectivity index (χ1) is 13.2. The van der Waals surface area contributed by atoms with Crippen molar-refractivity contribution >= 4 is 40.1 Å². The second-order valence-corrected chi connectivity index (χ2v) is 8.20. The number of hydrogen-bond acceptors (Lipinski definition) is 6. The number of para-hydroxylation sites is 1. The summed E-state index contributed by atoms with van der Waals surface area (Å²) >= 11 is 1.26. The maximum absolute atomic E-state index is 12.6. The van der Waals surface area contributed by atoms with Crippen LogP contribution in [0, 0.1) is 0 Å². The van der Waals surface area contributed by atoms with Crippen molar-refractivity contribution in [2.45, 2.75) is 32.8 Å². The van der Waals surface area contributed by atoms with Crippen molar-refractivity contribution in [3.8, 4) is 11.1 Å². The largest absolute Gasteiger partial charge is 0.469 e. The molecular weight excluding hydrogens is 378 g/mol. The van der Waals surface area contributed by atoms with E-state index in [2.05, 4.69) is 4.74 Å². The average Bonchev–Trinajstić information content (AvgIpc) is 3.25. The van der Waals surface area contributed by atoms with E-state index >= 15 is 0 Å². The van der Waals surface area contributed by atoms with Gasteiger partial charge in [0.2, 0.25) is 0 Å². The van der Waals surface area contributed by atoms with Gasteiger partial charge in [-0.25, -0.2) is 4.79 Å². The Morgan fingerprint density at radius 1 is 1.14 bits per heavy atom. The number of ketones is 1. The Balaban J connectivity index is 2.00. The second kappa shape index (κ2) is 7.59. The van der Waals surface area contributed by atoms with Crippen molar-refractivity contribution < 1.29 is 23.9 Å². The number of carbonyl (C=O) groups is 3. The number of carbonyl (C=O) groups excluding carboxylic acids is 3. The van der Waals surface area contributed by atoms with Gasteiger partial charge in [0.25, 0.3) is 0 Å². The topological polar surface area (TPSA) is 74.6 Å². The van der Waals surface area contributed by atoms with Crippen LogP contribution in [0.5, 0.6) is 0 Å². The molecule has 0 aliphatic carbocycles. The van der Waals surface area contributed by atoms with Crippen LogP contribution in [0.3, 0.4) is 0 Å². The zero-order valence-electron chi connectivity index (χ0n) is 16.1. The maximum atomic E-state index is 12.6. The first-order valence-corrected chi connectivity index (χ1v) is 9.60. The van der Waals surface area contributed by atoms with Crippen molar-refractivity contribution in [2.75, 3.05) is 7.11 Å². The summed E-state index contributed by atoms with van der Waals surface area (Å²) in [5, 5.41) is 2.71. The van der Waals surface area contributed by atoms with Crippen LogP contribution < -0.4 is 0 Å². The van der Waals surface area contributed by atoms with Crippen molar-refractivity contribution in [3.05, 3.63) is 46.8 Å². The summed E-state index contributed by atoms with van der Waals surface area (Å²) in [4.78, 5) is 36.7. The molecule has 6 nitrogen and oxygen atoms in total. The first kappa shape index (κ1) is 19.8. The van der Waals surface area contributed by atoms with Gasteiger partial charge >= 0.3 is 12.1 Å². The van der Waals surface area contributed by atoms with Crippen LogP contribution in [0.25, 0.3) is 22.0 Å². The molecular formula is C21H21NO5S. The molecule has 7 heteroatoms. The van der Waals surface area contributed by atoms with Crippen LogP contribution in [0.2, 0.25) is 0 Å². The third kappa shape index (κ3) is 4.14. The third-order valence-electron chi connectivity index (χ3n) is 4.02. The van der Waals surface area contributed by atoms with E-state index in [0.29, 0.717) is 4.88 Å². The lowest BCUT2D eigenvalue weighted by Crippen LogP contribution is -2.26. The predicted octanol–water partition coefficient (Wildman–Crippen LogP) is 4.90. The Morgan fingerprint density at radius 2 is 1.86 bits per heavy atom. The summed E-state index contributed by atoms with van der Waals surface area (Å²) in [5.74, 6) is -0.861. The second-order valence-electron chi connectivity index (χ2n) is 7.29. The Bertz CT molecular complexity index is 1050. The Morgan fingerprint density at radius 3 is 2.54 bits per heavy atom. The molecule has 2 heterocycles. The van der Waals surface area contributed by atoms with Crippen LogP contribution >= 0.6 is 11.3 Å². The van der Waals surface area contributed by atoms with Gasteiger partial charge in [0.1, 0.15) is 12.0 Å². The molecule has 0 bridgehead atoms. The summed E-state index contributed by atoms with van der Waals surface area (Å²) in [6, 6.07) is 9.24. The van der Waals surface area contributed by atoms with Gasteiger partial charge in [-0.15, -0.1) is 11.3 Å². The molecule has 28 heavy (non-hydrogen) atoms. The molecule has 0 amide bonds. The zero-order valence-corrected chi connectivity index (χ0v) is 17.0. The molecule has 0 saturated carbocycles. The minimum Gasteiger partial charge on any atom is -0.469 e. The van der Waals surface area contributed by atoms with Gasteiger partial charge in [0, 0.05) is 17.1 Å². The van der Waals surface area contributed by atoms with Crippen LogP contribution in [-0.4, -0.2) is 35.1 Å². The standard InChI is InChI=1S/C21H21NO5S/c1-21(2,3)27-20(25)22-11-15(14-7-5-6-8-16(14)22)13-9-18(28-12-13)17(23)10-19(24)26-4/h5-9,11-12H,10H2,1-4H3. The Hall–Kier alpha value is -2.93. The maximum Gasteiger partial charge on any atom is 0.419 e. The quantitative estimate of drug-likeness (QED) is 0.354. The molecule has 0 atom stereocenters. The number of Topliss-reactive ketones (excluding diaryl/α,β-unsaturated/α-hetero) is 1. The average molecular weight is 399 g/mol. The summed E-state index contributed by atoms with van der Waals surface area (Å²) in [5.41, 5.74) is 1.73. The highest BCUT2D eigenvalue weighted by Crippen LogP contribution is 2.34. The molecule has 1 aromatic carbocycles. The van der Waals surface area contributed by atoms with Gasteiger partial charge in [-0.05, 0) is 43.8 Å². The smallest absolute Gasteiger partial charge is 0.419 e. The van der Waals surface area contributed by atoms with Gasteiger partial charge in [0.05, 0.1) is 17.5 Å². The number of methoxy groups -OCH3 is 1. The number of rotatable bonds is 4. The predicted molar refractivity (Wildman–Crippen MR) is 108 cm³/mol. The van der Waals surface area contributed by atoms with Crippen LogP contribution in [0.4, 0.5) is 4.79 Å². The lowest BCUT2D eigenvalue weighted by Gasteiger charge is -2.19. The molecule has 3 aromatic rings. The van der Waals surface area contributed by atoms with E-state index in [-0.39, 0.29) is 12.2 Å². The molecule has 0 aliphatic heterocycles. The van der Waals surface area contributed by atoms with Crippen molar-refractivity contribution in [1.82, 2.24) is 4.57 Å². The van der Waals surface area contributed by atoms with E-state index in [0.717, 1.165) is 22.0 Å². The van der Waals surface area contributed by atoms with Crippen molar-refractivity contribution in [2.24, 2.45) is 0 Å². The van der Waals surface area contributed by atoms with E-state index < -0.39 is 17.7 Å². The number of ether oxygens (including phenoxy) is 2. The highest BCUT2D eigenvalue weighted by molar-refractivity contribution is 7.12. The van der Waals surface area contributed by atoms with E-state index in [4.69, 9.17) is 4.74 Å². The number of fused-ring (bicyclic) bond motifs is 1. The van der Waals surface area contributed by atoms with Crippen LogP contribution in [0.1, 0.15) is 36.9 Å². The molecule has 0 saturated heterocycles. The van der Waals surface area contributed by atoms with Gasteiger partial charge in [-0.3, -0.25) is 14.2 Å². The Labute approximate surface area is 166 Å². The number of esters is 1. The number of benzene rings is 1. The van der Waals surface area contributed by atoms with E-state index in [9.17, 15) is 14.4 Å². The fraction of sp³-hybridized carbons (Fsp3) is 0.286.